The second-order valence-corrected chi connectivity index (χ2v) is 4.58. The van der Waals surface area contributed by atoms with Crippen LogP contribution >= 0.6 is 0 Å². The Morgan fingerprint density at radius 2 is 2.10 bits per heavy atom. The first-order chi connectivity index (χ1) is 10.1. The van der Waals surface area contributed by atoms with Crippen LogP contribution in [-0.2, 0) is 6.54 Å². The number of carbonyl (C=O) groups is 1. The first-order valence-corrected chi connectivity index (χ1v) is 6.52. The molecule has 0 fully saturated rings. The third-order valence-corrected chi connectivity index (χ3v) is 2.84. The Balaban J connectivity index is 2.05. The van der Waals surface area contributed by atoms with Crippen LogP contribution in [0.5, 0.6) is 0 Å². The second-order valence-electron chi connectivity index (χ2n) is 4.58. The largest absolute Gasteiger partial charge is 0.334 e. The van der Waals surface area contributed by atoms with Crippen molar-refractivity contribution < 1.29 is 4.79 Å². The van der Waals surface area contributed by atoms with E-state index in [1.54, 1.807) is 36.2 Å². The van der Waals surface area contributed by atoms with E-state index in [1.165, 1.54) is 0 Å². The molecule has 1 heterocycles. The molecule has 1 amide bonds. The Kier molecular flexibility index (Phi) is 4.69. The maximum atomic E-state index is 12.3. The quantitative estimate of drug-likeness (QED) is 0.811. The molecule has 0 unspecified atom stereocenters. The fourth-order valence-electron chi connectivity index (χ4n) is 1.81. The lowest BCUT2D eigenvalue weighted by Crippen LogP contribution is -2.26. The molecule has 21 heavy (non-hydrogen) atoms. The molecule has 2 rings (SSSR count). The van der Waals surface area contributed by atoms with E-state index < -0.39 is 0 Å². The van der Waals surface area contributed by atoms with E-state index >= 15 is 0 Å². The first-order valence-electron chi connectivity index (χ1n) is 6.52. The molecule has 0 aliphatic rings. The van der Waals surface area contributed by atoms with Crippen molar-refractivity contribution in [1.82, 2.24) is 20.1 Å². The van der Waals surface area contributed by atoms with Gasteiger partial charge in [-0.15, -0.1) is 0 Å². The Labute approximate surface area is 123 Å². The van der Waals surface area contributed by atoms with Gasteiger partial charge in [0.15, 0.2) is 5.82 Å². The van der Waals surface area contributed by atoms with Crippen LogP contribution in [0.25, 0.3) is 0 Å². The Bertz CT molecular complexity index is 678. The lowest BCUT2D eigenvalue weighted by molar-refractivity contribution is 0.0781. The van der Waals surface area contributed by atoms with Crippen molar-refractivity contribution in [1.29, 1.82) is 0 Å². The number of amides is 1. The van der Waals surface area contributed by atoms with Crippen molar-refractivity contribution in [2.24, 2.45) is 5.73 Å². The highest BCUT2D eigenvalue weighted by Crippen LogP contribution is 2.08. The SMILES string of the molecule is Cc1nc(CN(C)C(=O)c2ccc(C#CCN)cc2)n[nH]1. The van der Waals surface area contributed by atoms with Gasteiger partial charge >= 0.3 is 0 Å². The number of carbonyl (C=O) groups excluding carboxylic acids is 1. The molecule has 3 N–H and O–H groups in total. The highest BCUT2D eigenvalue weighted by atomic mass is 16.2. The first kappa shape index (κ1) is 14.8. The molecule has 1 aromatic heterocycles. The number of benzene rings is 1. The van der Waals surface area contributed by atoms with E-state index in [9.17, 15) is 4.79 Å². The summed E-state index contributed by atoms with van der Waals surface area (Å²) in [4.78, 5) is 18.0. The number of nitrogens with one attached hydrogen (secondary N) is 1. The van der Waals surface area contributed by atoms with Gasteiger partial charge in [0.1, 0.15) is 5.82 Å². The lowest BCUT2D eigenvalue weighted by Gasteiger charge is -2.15. The number of nitrogens with two attached hydrogens (primary N) is 1. The fourth-order valence-corrected chi connectivity index (χ4v) is 1.81. The predicted molar refractivity (Wildman–Crippen MR) is 79.3 cm³/mol. The summed E-state index contributed by atoms with van der Waals surface area (Å²) in [6.07, 6.45) is 0. The van der Waals surface area contributed by atoms with E-state index in [0.717, 1.165) is 11.4 Å². The van der Waals surface area contributed by atoms with E-state index in [2.05, 4.69) is 27.0 Å². The lowest BCUT2D eigenvalue weighted by atomic mass is 10.1. The average Bonchev–Trinajstić information content (AvgIpc) is 2.90. The van der Waals surface area contributed by atoms with Crippen molar-refractivity contribution in [2.75, 3.05) is 13.6 Å². The summed E-state index contributed by atoms with van der Waals surface area (Å²) >= 11 is 0. The van der Waals surface area contributed by atoms with Gasteiger partial charge in [0, 0.05) is 18.2 Å². The number of hydrogen-bond acceptors (Lipinski definition) is 4. The number of rotatable bonds is 3. The van der Waals surface area contributed by atoms with E-state index in [0.29, 0.717) is 24.5 Å². The Morgan fingerprint density at radius 3 is 2.67 bits per heavy atom. The minimum Gasteiger partial charge on any atom is -0.334 e. The highest BCUT2D eigenvalue weighted by molar-refractivity contribution is 5.94. The summed E-state index contributed by atoms with van der Waals surface area (Å²) in [6.45, 7) is 2.50. The molecule has 0 aliphatic carbocycles. The van der Waals surface area contributed by atoms with Crippen molar-refractivity contribution in [3.05, 3.63) is 47.0 Å². The minimum absolute atomic E-state index is 0.0872. The zero-order chi connectivity index (χ0) is 15.2. The molecule has 0 saturated heterocycles. The molecule has 0 atom stereocenters. The van der Waals surface area contributed by atoms with Crippen molar-refractivity contribution >= 4 is 5.91 Å². The van der Waals surface area contributed by atoms with Crippen LogP contribution in [0.2, 0.25) is 0 Å². The van der Waals surface area contributed by atoms with Crippen molar-refractivity contribution in [2.45, 2.75) is 13.5 Å². The van der Waals surface area contributed by atoms with Gasteiger partial charge in [-0.05, 0) is 31.2 Å². The van der Waals surface area contributed by atoms with Crippen LogP contribution in [0.3, 0.4) is 0 Å². The molecule has 108 valence electrons. The van der Waals surface area contributed by atoms with Crippen molar-refractivity contribution in [3.63, 3.8) is 0 Å². The molecular weight excluding hydrogens is 266 g/mol. The van der Waals surface area contributed by atoms with Crippen LogP contribution in [-0.4, -0.2) is 39.6 Å². The van der Waals surface area contributed by atoms with Gasteiger partial charge in [0.25, 0.3) is 5.91 Å². The van der Waals surface area contributed by atoms with Gasteiger partial charge in [0.2, 0.25) is 0 Å². The minimum atomic E-state index is -0.0872. The van der Waals surface area contributed by atoms with Crippen LogP contribution in [0.15, 0.2) is 24.3 Å². The smallest absolute Gasteiger partial charge is 0.254 e. The highest BCUT2D eigenvalue weighted by Gasteiger charge is 2.13. The summed E-state index contributed by atoms with van der Waals surface area (Å²) in [5, 5.41) is 6.77. The van der Waals surface area contributed by atoms with Crippen LogP contribution < -0.4 is 5.73 Å². The fraction of sp³-hybridized carbons (Fsp3) is 0.267. The molecule has 6 nitrogen and oxygen atoms in total. The van der Waals surface area contributed by atoms with Crippen LogP contribution in [0.1, 0.15) is 27.6 Å². The summed E-state index contributed by atoms with van der Waals surface area (Å²) in [5.74, 6) is 6.93. The van der Waals surface area contributed by atoms with Gasteiger partial charge in [-0.1, -0.05) is 11.8 Å². The van der Waals surface area contributed by atoms with E-state index in [-0.39, 0.29) is 5.91 Å². The summed E-state index contributed by atoms with van der Waals surface area (Å²) in [7, 11) is 1.72. The number of aryl methyl sites for hydroxylation is 1. The van der Waals surface area contributed by atoms with Crippen LogP contribution in [0.4, 0.5) is 0 Å². The Hall–Kier alpha value is -2.65. The molecule has 6 heteroatoms. The third-order valence-electron chi connectivity index (χ3n) is 2.84. The van der Waals surface area contributed by atoms with Gasteiger partial charge < -0.3 is 10.6 Å². The van der Waals surface area contributed by atoms with Gasteiger partial charge in [-0.2, -0.15) is 5.10 Å². The topological polar surface area (TPSA) is 87.9 Å². The molecular formula is C15H17N5O. The summed E-state index contributed by atoms with van der Waals surface area (Å²) < 4.78 is 0. The molecule has 0 saturated carbocycles. The molecule has 2 aromatic rings. The van der Waals surface area contributed by atoms with E-state index in [1.807, 2.05) is 6.92 Å². The zero-order valence-electron chi connectivity index (χ0n) is 12.1. The monoisotopic (exact) mass is 283 g/mol. The standard InChI is InChI=1S/C15H17N5O/c1-11-17-14(19-18-11)10-20(2)15(21)13-7-5-12(6-8-13)4-3-9-16/h5-8H,9-10,16H2,1-2H3,(H,17,18,19). The molecule has 1 aromatic carbocycles. The van der Waals surface area contributed by atoms with Gasteiger partial charge in [0.05, 0.1) is 13.1 Å². The molecule has 0 spiro atoms. The van der Waals surface area contributed by atoms with Gasteiger partial charge in [-0.25, -0.2) is 4.98 Å². The molecule has 0 bridgehead atoms. The number of aromatic nitrogens is 3. The number of hydrogen-bond donors (Lipinski definition) is 2. The second kappa shape index (κ2) is 6.68. The zero-order valence-corrected chi connectivity index (χ0v) is 12.1. The average molecular weight is 283 g/mol. The third kappa shape index (κ3) is 3.91. The summed E-state index contributed by atoms with van der Waals surface area (Å²) in [5.41, 5.74) is 6.76. The molecule has 0 aliphatic heterocycles. The maximum Gasteiger partial charge on any atom is 0.254 e. The predicted octanol–water partition coefficient (Wildman–Crippen LogP) is 0.696. The van der Waals surface area contributed by atoms with Crippen LogP contribution in [0, 0.1) is 18.8 Å². The summed E-state index contributed by atoms with van der Waals surface area (Å²) in [6, 6.07) is 7.12. The number of H-pyrrole nitrogens is 1. The maximum absolute atomic E-state index is 12.3. The number of aromatic amines is 1. The molecule has 0 radical (unpaired) electrons. The normalized spacial score (nSPS) is 9.86. The van der Waals surface area contributed by atoms with Gasteiger partial charge in [-0.3, -0.25) is 9.89 Å². The number of nitrogens with zero attached hydrogens (tertiary/aromatic N) is 3. The van der Waals surface area contributed by atoms with Crippen molar-refractivity contribution in [3.8, 4) is 11.8 Å². The Morgan fingerprint density at radius 1 is 1.38 bits per heavy atom. The van der Waals surface area contributed by atoms with E-state index in [4.69, 9.17) is 5.73 Å².